The molecule has 1 heterocycles. The number of anilines is 1. The molecular weight excluding hydrogens is 571 g/mol. The highest BCUT2D eigenvalue weighted by molar-refractivity contribution is 9.10. The Balaban J connectivity index is 1.77. The van der Waals surface area contributed by atoms with Gasteiger partial charge in [-0.1, -0.05) is 0 Å². The third-order valence-electron chi connectivity index (χ3n) is 4.94. The smallest absolute Gasteiger partial charge is 0.329 e. The summed E-state index contributed by atoms with van der Waals surface area (Å²) >= 11 is 4.12. The number of amides is 3. The normalized spacial score (nSPS) is 15.1. The number of halogens is 2. The summed E-state index contributed by atoms with van der Waals surface area (Å²) in [4.78, 5) is 50.6. The van der Waals surface area contributed by atoms with Crippen molar-refractivity contribution in [3.05, 3.63) is 57.2 Å². The molecule has 9 nitrogen and oxygen atoms in total. The van der Waals surface area contributed by atoms with Crippen molar-refractivity contribution in [2.75, 3.05) is 25.1 Å². The number of carbonyl (C=O) groups excluding carboxylic acids is 4. The van der Waals surface area contributed by atoms with Gasteiger partial charge in [-0.3, -0.25) is 19.3 Å². The Hall–Kier alpha value is -3.38. The van der Waals surface area contributed by atoms with Gasteiger partial charge in [-0.15, -0.1) is 0 Å². The lowest BCUT2D eigenvalue weighted by Gasteiger charge is -2.19. The van der Waals surface area contributed by atoms with Crippen LogP contribution in [-0.4, -0.2) is 53.8 Å². The molecule has 1 saturated heterocycles. The summed E-state index contributed by atoms with van der Waals surface area (Å²) in [7, 11) is 0. The lowest BCUT2D eigenvalue weighted by molar-refractivity contribution is -0.150. The Morgan fingerprint density at radius 2 is 1.84 bits per heavy atom. The number of thioether (sulfide) groups is 1. The second kappa shape index (κ2) is 12.7. The van der Waals surface area contributed by atoms with Gasteiger partial charge in [0.1, 0.15) is 11.9 Å². The number of imide groups is 1. The molecule has 196 valence electrons. The number of nitrogens with zero attached hydrogens (tertiary/aromatic N) is 1. The van der Waals surface area contributed by atoms with Crippen molar-refractivity contribution < 1.29 is 37.8 Å². The van der Waals surface area contributed by atoms with Crippen molar-refractivity contribution in [2.45, 2.75) is 26.8 Å². The molecule has 12 heteroatoms. The molecule has 1 aliphatic heterocycles. The average Bonchev–Trinajstić information content (AvgIpc) is 3.12. The lowest BCUT2D eigenvalue weighted by atomic mass is 10.1. The van der Waals surface area contributed by atoms with Crippen LogP contribution in [0.3, 0.4) is 0 Å². The highest BCUT2D eigenvalue weighted by Crippen LogP contribution is 2.39. The van der Waals surface area contributed by atoms with Crippen LogP contribution in [0.2, 0.25) is 0 Å². The third-order valence-corrected chi connectivity index (χ3v) is 6.42. The third kappa shape index (κ3) is 7.10. The maximum absolute atomic E-state index is 13.1. The second-order valence-corrected chi connectivity index (χ2v) is 9.43. The van der Waals surface area contributed by atoms with Crippen molar-refractivity contribution in [3.8, 4) is 11.5 Å². The zero-order valence-corrected chi connectivity index (χ0v) is 22.6. The Morgan fingerprint density at radius 1 is 1.14 bits per heavy atom. The van der Waals surface area contributed by atoms with Crippen LogP contribution in [0.1, 0.15) is 26.3 Å². The molecule has 1 atom stereocenters. The first kappa shape index (κ1) is 28.2. The molecule has 0 aromatic heterocycles. The number of carbonyl (C=O) groups is 4. The highest BCUT2D eigenvalue weighted by atomic mass is 79.9. The molecule has 3 amide bonds. The number of benzene rings is 2. The zero-order valence-electron chi connectivity index (χ0n) is 20.2. The Morgan fingerprint density at radius 3 is 2.49 bits per heavy atom. The van der Waals surface area contributed by atoms with Gasteiger partial charge in [0.05, 0.1) is 22.6 Å². The minimum atomic E-state index is -1.05. The summed E-state index contributed by atoms with van der Waals surface area (Å²) in [6.45, 7) is 4.91. The first-order valence-corrected chi connectivity index (χ1v) is 12.8. The molecule has 0 unspecified atom stereocenters. The van der Waals surface area contributed by atoms with Crippen LogP contribution in [-0.2, 0) is 19.1 Å². The number of ether oxygens (including phenoxy) is 3. The lowest BCUT2D eigenvalue weighted by Crippen LogP contribution is -2.42. The van der Waals surface area contributed by atoms with Gasteiger partial charge in [0.25, 0.3) is 17.1 Å². The SMILES string of the molecule is CCOC(=O)[C@H](C)N1C(=O)S/C(=C/c2cc(Br)c(OCC(=O)Nc3ccc(F)cc3)c(OCC)c2)C1=O. The molecule has 37 heavy (non-hydrogen) atoms. The van der Waals surface area contributed by atoms with Gasteiger partial charge in [-0.25, -0.2) is 9.18 Å². The maximum atomic E-state index is 13.1. The molecule has 1 fully saturated rings. The van der Waals surface area contributed by atoms with E-state index in [9.17, 15) is 23.6 Å². The predicted octanol–water partition coefficient (Wildman–Crippen LogP) is 4.99. The van der Waals surface area contributed by atoms with E-state index in [-0.39, 0.29) is 23.9 Å². The molecule has 0 bridgehead atoms. The number of esters is 1. The van der Waals surface area contributed by atoms with Gasteiger partial charge in [-0.2, -0.15) is 0 Å². The molecular formula is C25H24BrFN2O7S. The molecule has 0 aliphatic carbocycles. The van der Waals surface area contributed by atoms with E-state index in [1.54, 1.807) is 26.0 Å². The van der Waals surface area contributed by atoms with Crippen LogP contribution in [0.4, 0.5) is 14.9 Å². The van der Waals surface area contributed by atoms with E-state index >= 15 is 0 Å². The summed E-state index contributed by atoms with van der Waals surface area (Å²) in [6, 6.07) is 7.50. The van der Waals surface area contributed by atoms with E-state index in [1.165, 1.54) is 37.3 Å². The first-order chi connectivity index (χ1) is 17.6. The van der Waals surface area contributed by atoms with Crippen molar-refractivity contribution in [2.24, 2.45) is 0 Å². The number of hydrogen-bond acceptors (Lipinski definition) is 8. The molecule has 0 saturated carbocycles. The Labute approximate surface area is 225 Å². The van der Waals surface area contributed by atoms with Gasteiger partial charge in [-0.05, 0) is 96.5 Å². The Bertz CT molecular complexity index is 1240. The monoisotopic (exact) mass is 594 g/mol. The average molecular weight is 595 g/mol. The van der Waals surface area contributed by atoms with Gasteiger partial charge in [0, 0.05) is 5.69 Å². The van der Waals surface area contributed by atoms with Crippen molar-refractivity contribution in [1.82, 2.24) is 4.90 Å². The van der Waals surface area contributed by atoms with Crippen molar-refractivity contribution in [3.63, 3.8) is 0 Å². The highest BCUT2D eigenvalue weighted by Gasteiger charge is 2.41. The first-order valence-electron chi connectivity index (χ1n) is 11.2. The summed E-state index contributed by atoms with van der Waals surface area (Å²) in [6.07, 6.45) is 1.50. The minimum Gasteiger partial charge on any atom is -0.490 e. The van der Waals surface area contributed by atoms with E-state index in [2.05, 4.69) is 21.2 Å². The van der Waals surface area contributed by atoms with Crippen molar-refractivity contribution >= 4 is 62.5 Å². The van der Waals surface area contributed by atoms with E-state index in [1.807, 2.05) is 0 Å². The van der Waals surface area contributed by atoms with Crippen LogP contribution < -0.4 is 14.8 Å². The fourth-order valence-electron chi connectivity index (χ4n) is 3.28. The zero-order chi connectivity index (χ0) is 27.1. The van der Waals surface area contributed by atoms with Crippen LogP contribution in [0.25, 0.3) is 6.08 Å². The van der Waals surface area contributed by atoms with Gasteiger partial charge in [0.2, 0.25) is 0 Å². The van der Waals surface area contributed by atoms with Gasteiger partial charge < -0.3 is 19.5 Å². The Kier molecular flexibility index (Phi) is 9.70. The summed E-state index contributed by atoms with van der Waals surface area (Å²) in [5.41, 5.74) is 0.938. The maximum Gasteiger partial charge on any atom is 0.329 e. The number of rotatable bonds is 10. The van der Waals surface area contributed by atoms with Gasteiger partial charge >= 0.3 is 5.97 Å². The topological polar surface area (TPSA) is 111 Å². The number of hydrogen-bond donors (Lipinski definition) is 1. The molecule has 0 radical (unpaired) electrons. The molecule has 2 aromatic carbocycles. The van der Waals surface area contributed by atoms with E-state index in [0.29, 0.717) is 39.8 Å². The number of nitrogens with one attached hydrogen (secondary N) is 1. The largest absolute Gasteiger partial charge is 0.490 e. The summed E-state index contributed by atoms with van der Waals surface area (Å²) in [5.74, 6) is -1.60. The molecule has 1 N–H and O–H groups in total. The van der Waals surface area contributed by atoms with E-state index in [4.69, 9.17) is 14.2 Å². The fourth-order valence-corrected chi connectivity index (χ4v) is 4.76. The molecule has 0 spiro atoms. The molecule has 3 rings (SSSR count). The van der Waals surface area contributed by atoms with E-state index < -0.39 is 34.9 Å². The van der Waals surface area contributed by atoms with Crippen LogP contribution in [0.15, 0.2) is 45.8 Å². The standard InChI is InChI=1S/C25H24BrFN2O7S/c1-4-34-19-11-15(12-20-23(31)29(25(33)37-20)14(3)24(32)35-5-2)10-18(26)22(19)36-13-21(30)28-17-8-6-16(27)7-9-17/h6-12,14H,4-5,13H2,1-3H3,(H,28,30)/b20-12+/t14-/m0/s1. The van der Waals surface area contributed by atoms with Crippen LogP contribution in [0, 0.1) is 5.82 Å². The summed E-state index contributed by atoms with van der Waals surface area (Å²) < 4.78 is 29.8. The quantitative estimate of drug-likeness (QED) is 0.302. The molecule has 1 aliphatic rings. The van der Waals surface area contributed by atoms with Crippen molar-refractivity contribution in [1.29, 1.82) is 0 Å². The van der Waals surface area contributed by atoms with Crippen LogP contribution >= 0.6 is 27.7 Å². The minimum absolute atomic E-state index is 0.128. The predicted molar refractivity (Wildman–Crippen MR) is 140 cm³/mol. The summed E-state index contributed by atoms with van der Waals surface area (Å²) in [5, 5.41) is 2.03. The van der Waals surface area contributed by atoms with E-state index in [0.717, 1.165) is 4.90 Å². The second-order valence-electron chi connectivity index (χ2n) is 7.59. The van der Waals surface area contributed by atoms with Crippen LogP contribution in [0.5, 0.6) is 11.5 Å². The fraction of sp³-hybridized carbons (Fsp3) is 0.280. The molecule has 2 aromatic rings. The van der Waals surface area contributed by atoms with Gasteiger partial charge in [0.15, 0.2) is 18.1 Å².